The van der Waals surface area contributed by atoms with Crippen LogP contribution in [0.25, 0.3) is 0 Å². The summed E-state index contributed by atoms with van der Waals surface area (Å²) in [6, 6.07) is 5.41. The topological polar surface area (TPSA) is 36.7 Å². The number of halogens is 2. The maximum absolute atomic E-state index is 8.38. The molecule has 1 aromatic rings. The van der Waals surface area contributed by atoms with Crippen LogP contribution in [0.15, 0.2) is 18.3 Å². The van der Waals surface area contributed by atoms with Crippen molar-refractivity contribution in [3.05, 3.63) is 29.6 Å². The summed E-state index contributed by atoms with van der Waals surface area (Å²) in [6.45, 7) is 0. The van der Waals surface area contributed by atoms with Crippen LogP contribution < -0.4 is 0 Å². The Kier molecular flexibility index (Phi) is 4.60. The second kappa shape index (κ2) is 4.95. The molecule has 0 aliphatic rings. The van der Waals surface area contributed by atoms with E-state index in [0.29, 0.717) is 11.4 Å². The molecule has 58 valence electrons. The maximum atomic E-state index is 8.38. The molecule has 0 aliphatic carbocycles. The molecule has 4 heteroatoms. The molecule has 0 aliphatic heterocycles. The highest BCUT2D eigenvalue weighted by Crippen LogP contribution is 2.00. The van der Waals surface area contributed by atoms with Crippen LogP contribution >= 0.6 is 24.0 Å². The molecule has 0 radical (unpaired) electrons. The molecule has 0 saturated heterocycles. The predicted octanol–water partition coefficient (Wildman–Crippen LogP) is 2.11. The van der Waals surface area contributed by atoms with E-state index >= 15 is 0 Å². The van der Waals surface area contributed by atoms with Gasteiger partial charge in [0, 0.05) is 6.20 Å². The summed E-state index contributed by atoms with van der Waals surface area (Å²) in [7, 11) is 0. The molecule has 1 aromatic heterocycles. The molecule has 1 heterocycles. The van der Waals surface area contributed by atoms with E-state index in [4.69, 9.17) is 16.9 Å². The lowest BCUT2D eigenvalue weighted by Gasteiger charge is -1.90. The van der Waals surface area contributed by atoms with Gasteiger partial charge in [-0.05, 0) is 12.1 Å². The minimum absolute atomic E-state index is 0. The first kappa shape index (κ1) is 10.2. The summed E-state index contributed by atoms with van der Waals surface area (Å²) in [4.78, 5) is 3.91. The average molecular weight is 189 g/mol. The number of rotatable bonds is 1. The Balaban J connectivity index is 0.000001000. The Hall–Kier alpha value is -0.780. The molecular formula is C7H6Cl2N2. The molecule has 0 unspecified atom stereocenters. The predicted molar refractivity (Wildman–Crippen MR) is 45.8 cm³/mol. The van der Waals surface area contributed by atoms with Crippen molar-refractivity contribution in [2.75, 3.05) is 0 Å². The Morgan fingerprint density at radius 2 is 2.27 bits per heavy atom. The first-order chi connectivity index (χ1) is 4.86. The van der Waals surface area contributed by atoms with E-state index < -0.39 is 0 Å². The number of alkyl halides is 1. The number of nitriles is 1. The van der Waals surface area contributed by atoms with E-state index in [0.717, 1.165) is 5.69 Å². The van der Waals surface area contributed by atoms with Crippen molar-refractivity contribution in [3.63, 3.8) is 0 Å². The van der Waals surface area contributed by atoms with Crippen LogP contribution in [0, 0.1) is 11.3 Å². The minimum Gasteiger partial charge on any atom is -0.259 e. The van der Waals surface area contributed by atoms with Crippen molar-refractivity contribution in [2.45, 2.75) is 5.88 Å². The third-order valence-electron chi connectivity index (χ3n) is 1.09. The van der Waals surface area contributed by atoms with Crippen LogP contribution in [0.4, 0.5) is 0 Å². The normalized spacial score (nSPS) is 8.00. The van der Waals surface area contributed by atoms with Gasteiger partial charge in [-0.1, -0.05) is 0 Å². The van der Waals surface area contributed by atoms with Crippen molar-refractivity contribution in [1.29, 1.82) is 5.26 Å². The van der Waals surface area contributed by atoms with Gasteiger partial charge in [-0.25, -0.2) is 0 Å². The second-order valence-corrected chi connectivity index (χ2v) is 2.05. The Labute approximate surface area is 76.2 Å². The zero-order chi connectivity index (χ0) is 7.40. The van der Waals surface area contributed by atoms with Gasteiger partial charge >= 0.3 is 0 Å². The van der Waals surface area contributed by atoms with Gasteiger partial charge in [0.2, 0.25) is 0 Å². The molecule has 1 rings (SSSR count). The lowest BCUT2D eigenvalue weighted by atomic mass is 10.3. The van der Waals surface area contributed by atoms with Crippen molar-refractivity contribution < 1.29 is 0 Å². The van der Waals surface area contributed by atoms with Gasteiger partial charge in [0.25, 0.3) is 0 Å². The number of hydrogen-bond acceptors (Lipinski definition) is 2. The fourth-order valence-corrected chi connectivity index (χ4v) is 0.728. The summed E-state index contributed by atoms with van der Waals surface area (Å²) >= 11 is 5.48. The van der Waals surface area contributed by atoms with Crippen LogP contribution in [-0.2, 0) is 5.88 Å². The van der Waals surface area contributed by atoms with Crippen molar-refractivity contribution >= 4 is 24.0 Å². The fourth-order valence-electron chi connectivity index (χ4n) is 0.570. The van der Waals surface area contributed by atoms with E-state index in [2.05, 4.69) is 4.98 Å². The standard InChI is InChI=1S/C7H5ClN2.ClH/c8-3-7-2-1-6(4-9)5-10-7;/h1-2,5H,3H2;1H. The molecule has 0 atom stereocenters. The smallest absolute Gasteiger partial charge is 0.101 e. The van der Waals surface area contributed by atoms with Crippen LogP contribution in [0.1, 0.15) is 11.3 Å². The van der Waals surface area contributed by atoms with E-state index in [1.165, 1.54) is 6.20 Å². The zero-order valence-electron chi connectivity index (χ0n) is 5.62. The molecule has 0 saturated carbocycles. The summed E-state index contributed by atoms with van der Waals surface area (Å²) in [5.41, 5.74) is 1.36. The van der Waals surface area contributed by atoms with Crippen LogP contribution in [0.3, 0.4) is 0 Å². The summed E-state index contributed by atoms with van der Waals surface area (Å²) < 4.78 is 0. The van der Waals surface area contributed by atoms with E-state index in [1.54, 1.807) is 12.1 Å². The van der Waals surface area contributed by atoms with Crippen LogP contribution in [0.5, 0.6) is 0 Å². The van der Waals surface area contributed by atoms with Crippen molar-refractivity contribution in [3.8, 4) is 6.07 Å². The van der Waals surface area contributed by atoms with Crippen molar-refractivity contribution in [2.24, 2.45) is 0 Å². The lowest BCUT2D eigenvalue weighted by Crippen LogP contribution is -1.84. The number of hydrogen-bond donors (Lipinski definition) is 0. The Morgan fingerprint density at radius 1 is 1.55 bits per heavy atom. The Bertz CT molecular complexity index is 250. The SMILES string of the molecule is Cl.N#Cc1ccc(CCl)nc1. The third-order valence-corrected chi connectivity index (χ3v) is 1.36. The number of nitrogens with zero attached hydrogens (tertiary/aromatic N) is 2. The first-order valence-electron chi connectivity index (χ1n) is 2.78. The van der Waals surface area contributed by atoms with Gasteiger partial charge in [-0.3, -0.25) is 4.98 Å². The molecule has 0 amide bonds. The first-order valence-corrected chi connectivity index (χ1v) is 3.31. The second-order valence-electron chi connectivity index (χ2n) is 1.78. The molecule has 0 fully saturated rings. The lowest BCUT2D eigenvalue weighted by molar-refractivity contribution is 1.16. The summed E-state index contributed by atoms with van der Waals surface area (Å²) in [5.74, 6) is 0.395. The van der Waals surface area contributed by atoms with Gasteiger partial charge < -0.3 is 0 Å². The molecule has 0 N–H and O–H groups in total. The van der Waals surface area contributed by atoms with E-state index in [9.17, 15) is 0 Å². The molecule has 0 aromatic carbocycles. The minimum atomic E-state index is 0. The molecule has 0 bridgehead atoms. The van der Waals surface area contributed by atoms with Gasteiger partial charge in [-0.2, -0.15) is 5.26 Å². The van der Waals surface area contributed by atoms with Gasteiger partial charge in [0.1, 0.15) is 6.07 Å². The summed E-state index contributed by atoms with van der Waals surface area (Å²) in [6.07, 6.45) is 1.51. The summed E-state index contributed by atoms with van der Waals surface area (Å²) in [5, 5.41) is 8.38. The molecule has 2 nitrogen and oxygen atoms in total. The largest absolute Gasteiger partial charge is 0.259 e. The van der Waals surface area contributed by atoms with Gasteiger partial charge in [0.15, 0.2) is 0 Å². The monoisotopic (exact) mass is 188 g/mol. The quantitative estimate of drug-likeness (QED) is 0.634. The Morgan fingerprint density at radius 3 is 2.64 bits per heavy atom. The number of aromatic nitrogens is 1. The highest BCUT2D eigenvalue weighted by atomic mass is 35.5. The van der Waals surface area contributed by atoms with Gasteiger partial charge in [-0.15, -0.1) is 24.0 Å². The third kappa shape index (κ3) is 2.75. The van der Waals surface area contributed by atoms with Gasteiger partial charge in [0.05, 0.1) is 17.1 Å². The van der Waals surface area contributed by atoms with Crippen LogP contribution in [0.2, 0.25) is 0 Å². The highest BCUT2D eigenvalue weighted by Gasteiger charge is 1.91. The highest BCUT2D eigenvalue weighted by molar-refractivity contribution is 6.16. The van der Waals surface area contributed by atoms with Crippen molar-refractivity contribution in [1.82, 2.24) is 4.98 Å². The van der Waals surface area contributed by atoms with Crippen LogP contribution in [-0.4, -0.2) is 4.98 Å². The molecular weight excluding hydrogens is 183 g/mol. The zero-order valence-corrected chi connectivity index (χ0v) is 7.19. The molecule has 11 heavy (non-hydrogen) atoms. The molecule has 0 spiro atoms. The average Bonchev–Trinajstić information content (AvgIpc) is 2.05. The number of pyridine rings is 1. The maximum Gasteiger partial charge on any atom is 0.101 e. The van der Waals surface area contributed by atoms with E-state index in [1.807, 2.05) is 6.07 Å². The fraction of sp³-hybridized carbons (Fsp3) is 0.143. The van der Waals surface area contributed by atoms with E-state index in [-0.39, 0.29) is 12.4 Å².